The summed E-state index contributed by atoms with van der Waals surface area (Å²) < 4.78 is 0. The SMILES string of the molecule is CCc1ccc(CN(C)C(=O)C(Cc2c[nH]c3ccccc23)NC(C)=O)cc1. The van der Waals surface area contributed by atoms with E-state index >= 15 is 0 Å². The first-order chi connectivity index (χ1) is 13.5. The Kier molecular flexibility index (Phi) is 6.14. The van der Waals surface area contributed by atoms with Crippen LogP contribution in [0.1, 0.15) is 30.5 Å². The summed E-state index contributed by atoms with van der Waals surface area (Å²) in [5.74, 6) is -0.307. The molecule has 1 heterocycles. The molecule has 0 aliphatic heterocycles. The number of benzene rings is 2. The normalized spacial score (nSPS) is 12.0. The van der Waals surface area contributed by atoms with E-state index in [-0.39, 0.29) is 11.8 Å². The Morgan fingerprint density at radius 1 is 1.07 bits per heavy atom. The number of amides is 2. The van der Waals surface area contributed by atoms with Crippen molar-refractivity contribution < 1.29 is 9.59 Å². The molecule has 0 spiro atoms. The molecule has 0 fully saturated rings. The van der Waals surface area contributed by atoms with Gasteiger partial charge in [-0.15, -0.1) is 0 Å². The van der Waals surface area contributed by atoms with E-state index in [1.165, 1.54) is 12.5 Å². The van der Waals surface area contributed by atoms with E-state index < -0.39 is 6.04 Å². The quantitative estimate of drug-likeness (QED) is 0.662. The molecule has 5 nitrogen and oxygen atoms in total. The highest BCUT2D eigenvalue weighted by molar-refractivity contribution is 5.89. The Morgan fingerprint density at radius 2 is 1.75 bits per heavy atom. The van der Waals surface area contributed by atoms with E-state index in [1.807, 2.05) is 30.5 Å². The van der Waals surface area contributed by atoms with Crippen molar-refractivity contribution in [3.63, 3.8) is 0 Å². The second-order valence-corrected chi connectivity index (χ2v) is 7.18. The Balaban J connectivity index is 1.75. The second kappa shape index (κ2) is 8.74. The van der Waals surface area contributed by atoms with E-state index in [0.717, 1.165) is 28.5 Å². The summed E-state index contributed by atoms with van der Waals surface area (Å²) in [5.41, 5.74) is 4.38. The number of aryl methyl sites for hydroxylation is 1. The van der Waals surface area contributed by atoms with Crippen LogP contribution in [0.3, 0.4) is 0 Å². The van der Waals surface area contributed by atoms with Crippen LogP contribution in [-0.2, 0) is 29.0 Å². The minimum atomic E-state index is -0.600. The first-order valence-electron chi connectivity index (χ1n) is 9.62. The molecule has 5 heteroatoms. The van der Waals surface area contributed by atoms with E-state index in [0.29, 0.717) is 13.0 Å². The fraction of sp³-hybridized carbons (Fsp3) is 0.304. The smallest absolute Gasteiger partial charge is 0.245 e. The van der Waals surface area contributed by atoms with Gasteiger partial charge in [-0.2, -0.15) is 0 Å². The Hall–Kier alpha value is -3.08. The van der Waals surface area contributed by atoms with Gasteiger partial charge in [0.2, 0.25) is 11.8 Å². The predicted octanol–water partition coefficient (Wildman–Crippen LogP) is 3.44. The van der Waals surface area contributed by atoms with Gasteiger partial charge in [0, 0.05) is 44.0 Å². The lowest BCUT2D eigenvalue weighted by Crippen LogP contribution is -2.47. The summed E-state index contributed by atoms with van der Waals surface area (Å²) >= 11 is 0. The zero-order valence-corrected chi connectivity index (χ0v) is 16.7. The molecule has 0 aliphatic carbocycles. The minimum absolute atomic E-state index is 0.0972. The number of H-pyrrole nitrogens is 1. The highest BCUT2D eigenvalue weighted by Gasteiger charge is 2.24. The molecule has 2 N–H and O–H groups in total. The molecule has 3 aromatic rings. The Bertz CT molecular complexity index is 959. The lowest BCUT2D eigenvalue weighted by atomic mass is 10.0. The Morgan fingerprint density at radius 3 is 2.43 bits per heavy atom. The Labute approximate surface area is 165 Å². The number of likely N-dealkylation sites (N-methyl/N-ethyl adjacent to an activating group) is 1. The van der Waals surface area contributed by atoms with E-state index in [1.54, 1.807) is 11.9 Å². The van der Waals surface area contributed by atoms with Gasteiger partial charge in [-0.3, -0.25) is 9.59 Å². The maximum absolute atomic E-state index is 13.1. The van der Waals surface area contributed by atoms with Crippen LogP contribution < -0.4 is 5.32 Å². The summed E-state index contributed by atoms with van der Waals surface area (Å²) in [6.45, 7) is 4.07. The number of aromatic nitrogens is 1. The first-order valence-corrected chi connectivity index (χ1v) is 9.62. The molecule has 0 aliphatic rings. The number of para-hydroxylation sites is 1. The molecule has 1 atom stereocenters. The average Bonchev–Trinajstić information content (AvgIpc) is 3.10. The summed E-state index contributed by atoms with van der Waals surface area (Å²) in [7, 11) is 1.78. The third kappa shape index (κ3) is 4.60. The highest BCUT2D eigenvalue weighted by atomic mass is 16.2. The predicted molar refractivity (Wildman–Crippen MR) is 112 cm³/mol. The number of aromatic amines is 1. The lowest BCUT2D eigenvalue weighted by molar-refractivity contribution is -0.135. The summed E-state index contributed by atoms with van der Waals surface area (Å²) in [4.78, 5) is 29.7. The number of rotatable bonds is 7. The molecule has 0 bridgehead atoms. The summed E-state index contributed by atoms with van der Waals surface area (Å²) in [6, 6.07) is 15.6. The largest absolute Gasteiger partial charge is 0.361 e. The zero-order chi connectivity index (χ0) is 20.1. The molecule has 2 amide bonds. The topological polar surface area (TPSA) is 65.2 Å². The van der Waals surface area contributed by atoms with Crippen LogP contribution in [0.15, 0.2) is 54.7 Å². The van der Waals surface area contributed by atoms with Crippen LogP contribution in [0.2, 0.25) is 0 Å². The van der Waals surface area contributed by atoms with E-state index in [2.05, 4.69) is 41.5 Å². The van der Waals surface area contributed by atoms with Crippen LogP contribution in [0, 0.1) is 0 Å². The number of nitrogens with zero attached hydrogens (tertiary/aromatic N) is 1. The number of fused-ring (bicyclic) bond motifs is 1. The van der Waals surface area contributed by atoms with Crippen LogP contribution in [0.25, 0.3) is 10.9 Å². The van der Waals surface area contributed by atoms with Crippen LogP contribution in [-0.4, -0.2) is 34.8 Å². The third-order valence-electron chi connectivity index (χ3n) is 5.00. The van der Waals surface area contributed by atoms with Gasteiger partial charge >= 0.3 is 0 Å². The van der Waals surface area contributed by atoms with Crippen molar-refractivity contribution in [2.45, 2.75) is 39.3 Å². The zero-order valence-electron chi connectivity index (χ0n) is 16.7. The molecule has 146 valence electrons. The highest BCUT2D eigenvalue weighted by Crippen LogP contribution is 2.20. The molecule has 0 saturated heterocycles. The van der Waals surface area contributed by atoms with E-state index in [9.17, 15) is 9.59 Å². The van der Waals surface area contributed by atoms with Crippen molar-refractivity contribution in [2.75, 3.05) is 7.05 Å². The number of carbonyl (C=O) groups excluding carboxylic acids is 2. The van der Waals surface area contributed by atoms with Crippen molar-refractivity contribution in [2.24, 2.45) is 0 Å². The van der Waals surface area contributed by atoms with Gasteiger partial charge in [0.05, 0.1) is 0 Å². The molecular formula is C23H27N3O2. The van der Waals surface area contributed by atoms with Crippen LogP contribution in [0.4, 0.5) is 0 Å². The van der Waals surface area contributed by atoms with Gasteiger partial charge in [-0.1, -0.05) is 49.4 Å². The number of hydrogen-bond acceptors (Lipinski definition) is 2. The van der Waals surface area contributed by atoms with Crippen molar-refractivity contribution in [3.8, 4) is 0 Å². The minimum Gasteiger partial charge on any atom is -0.361 e. The fourth-order valence-corrected chi connectivity index (χ4v) is 3.46. The lowest BCUT2D eigenvalue weighted by Gasteiger charge is -2.24. The van der Waals surface area contributed by atoms with Crippen LogP contribution in [0.5, 0.6) is 0 Å². The van der Waals surface area contributed by atoms with Crippen molar-refractivity contribution in [1.82, 2.24) is 15.2 Å². The van der Waals surface area contributed by atoms with Crippen molar-refractivity contribution >= 4 is 22.7 Å². The second-order valence-electron chi connectivity index (χ2n) is 7.18. The first kappa shape index (κ1) is 19.7. The third-order valence-corrected chi connectivity index (χ3v) is 5.00. The van der Waals surface area contributed by atoms with Crippen molar-refractivity contribution in [3.05, 3.63) is 71.4 Å². The maximum Gasteiger partial charge on any atom is 0.245 e. The summed E-state index contributed by atoms with van der Waals surface area (Å²) in [6.07, 6.45) is 3.35. The molecule has 1 aromatic heterocycles. The van der Waals surface area contributed by atoms with Crippen molar-refractivity contribution in [1.29, 1.82) is 0 Å². The van der Waals surface area contributed by atoms with E-state index in [4.69, 9.17) is 0 Å². The van der Waals surface area contributed by atoms with Gasteiger partial charge in [-0.25, -0.2) is 0 Å². The van der Waals surface area contributed by atoms with Gasteiger partial charge < -0.3 is 15.2 Å². The molecule has 1 unspecified atom stereocenters. The monoisotopic (exact) mass is 377 g/mol. The fourth-order valence-electron chi connectivity index (χ4n) is 3.46. The number of nitrogens with one attached hydrogen (secondary N) is 2. The van der Waals surface area contributed by atoms with Gasteiger partial charge in [0.25, 0.3) is 0 Å². The molecular weight excluding hydrogens is 350 g/mol. The molecule has 28 heavy (non-hydrogen) atoms. The molecule has 0 saturated carbocycles. The summed E-state index contributed by atoms with van der Waals surface area (Å²) in [5, 5.41) is 3.90. The van der Waals surface area contributed by atoms with Gasteiger partial charge in [-0.05, 0) is 29.2 Å². The van der Waals surface area contributed by atoms with Gasteiger partial charge in [0.1, 0.15) is 6.04 Å². The standard InChI is InChI=1S/C23H27N3O2/c1-4-17-9-11-18(12-10-17)15-26(3)23(28)22(25-16(2)27)13-19-14-24-21-8-6-5-7-20(19)21/h5-12,14,22,24H,4,13,15H2,1-3H3,(H,25,27). The molecule has 3 rings (SSSR count). The average molecular weight is 377 g/mol. The van der Waals surface area contributed by atoms with Gasteiger partial charge in [0.15, 0.2) is 0 Å². The van der Waals surface area contributed by atoms with Crippen LogP contribution >= 0.6 is 0 Å². The number of carbonyl (C=O) groups is 2. The number of hydrogen-bond donors (Lipinski definition) is 2. The molecule has 0 radical (unpaired) electrons. The maximum atomic E-state index is 13.1. The molecule has 2 aromatic carbocycles.